The topological polar surface area (TPSA) is 38.0 Å². The molecule has 0 amide bonds. The molecule has 0 radical (unpaired) electrons. The highest BCUT2D eigenvalue weighted by Crippen LogP contribution is 2.26. The lowest BCUT2D eigenvalue weighted by atomic mass is 10.3. The Labute approximate surface area is 79.1 Å². The van der Waals surface area contributed by atoms with Gasteiger partial charge >= 0.3 is 0 Å². The van der Waals surface area contributed by atoms with Crippen LogP contribution in [0.25, 0.3) is 0 Å². The largest absolute Gasteiger partial charge is 0.396 e. The molecule has 0 saturated carbocycles. The third-order valence-corrected chi connectivity index (χ3v) is 2.15. The molecule has 0 aliphatic carbocycles. The minimum Gasteiger partial charge on any atom is -0.396 e. The van der Waals surface area contributed by atoms with Crippen molar-refractivity contribution in [3.63, 3.8) is 0 Å². The zero-order valence-electron chi connectivity index (χ0n) is 6.48. The third-order valence-electron chi connectivity index (χ3n) is 1.46. The zero-order valence-corrected chi connectivity index (χ0v) is 8.07. The van der Waals surface area contributed by atoms with E-state index < -0.39 is 6.67 Å². The molecule has 0 atom stereocenters. The molecule has 4 heteroatoms. The maximum absolute atomic E-state index is 11.8. The quantitative estimate of drug-likeness (QED) is 0.786. The molecule has 0 heterocycles. The number of benzene rings is 1. The van der Waals surface area contributed by atoms with E-state index in [1.165, 1.54) is 0 Å². The van der Waals surface area contributed by atoms with Gasteiger partial charge in [-0.1, -0.05) is 6.07 Å². The van der Waals surface area contributed by atoms with Crippen LogP contribution in [0.3, 0.4) is 0 Å². The Kier molecular flexibility index (Phi) is 3.34. The zero-order chi connectivity index (χ0) is 8.97. The van der Waals surface area contributed by atoms with Crippen molar-refractivity contribution in [1.29, 1.82) is 0 Å². The summed E-state index contributed by atoms with van der Waals surface area (Å²) in [6.07, 6.45) is 0. The number of hydrogen-bond donors (Lipinski definition) is 2. The molecule has 12 heavy (non-hydrogen) atoms. The highest BCUT2D eigenvalue weighted by atomic mass is 79.9. The summed E-state index contributed by atoms with van der Waals surface area (Å²) in [4.78, 5) is 0. The van der Waals surface area contributed by atoms with Crippen LogP contribution in [-0.2, 0) is 0 Å². The fourth-order valence-electron chi connectivity index (χ4n) is 0.873. The first-order valence-electron chi connectivity index (χ1n) is 3.59. The molecule has 0 aromatic heterocycles. The first-order valence-corrected chi connectivity index (χ1v) is 4.39. The fourth-order valence-corrected chi connectivity index (χ4v) is 1.24. The van der Waals surface area contributed by atoms with Gasteiger partial charge < -0.3 is 11.1 Å². The van der Waals surface area contributed by atoms with Gasteiger partial charge in [0.05, 0.1) is 11.4 Å². The normalized spacial score (nSPS) is 9.83. The molecular weight excluding hydrogens is 223 g/mol. The molecule has 1 rings (SSSR count). The summed E-state index contributed by atoms with van der Waals surface area (Å²) in [5.41, 5.74) is 7.07. The van der Waals surface area contributed by atoms with Gasteiger partial charge in [-0.3, -0.25) is 0 Å². The van der Waals surface area contributed by atoms with E-state index in [1.807, 2.05) is 18.2 Å². The monoisotopic (exact) mass is 232 g/mol. The van der Waals surface area contributed by atoms with Crippen LogP contribution in [-0.4, -0.2) is 13.2 Å². The molecule has 1 aromatic rings. The molecule has 3 N–H and O–H groups in total. The second-order valence-electron chi connectivity index (χ2n) is 2.32. The maximum Gasteiger partial charge on any atom is 0.107 e. The third kappa shape index (κ3) is 2.11. The molecule has 0 spiro atoms. The second kappa shape index (κ2) is 4.30. The van der Waals surface area contributed by atoms with E-state index >= 15 is 0 Å². The van der Waals surface area contributed by atoms with E-state index in [0.29, 0.717) is 12.2 Å². The van der Waals surface area contributed by atoms with E-state index in [1.54, 1.807) is 0 Å². The fraction of sp³-hybridized carbons (Fsp3) is 0.250. The van der Waals surface area contributed by atoms with Crippen LogP contribution in [0.15, 0.2) is 22.7 Å². The number of alkyl halides is 1. The van der Waals surface area contributed by atoms with E-state index in [2.05, 4.69) is 21.2 Å². The number of rotatable bonds is 3. The number of nitrogen functional groups attached to an aromatic ring is 1. The number of halogens is 2. The van der Waals surface area contributed by atoms with Crippen LogP contribution < -0.4 is 11.1 Å². The Morgan fingerprint density at radius 1 is 1.50 bits per heavy atom. The lowest BCUT2D eigenvalue weighted by Gasteiger charge is -2.07. The smallest absolute Gasteiger partial charge is 0.107 e. The summed E-state index contributed by atoms with van der Waals surface area (Å²) in [6, 6.07) is 5.51. The van der Waals surface area contributed by atoms with Crippen molar-refractivity contribution in [2.75, 3.05) is 24.3 Å². The van der Waals surface area contributed by atoms with Crippen LogP contribution in [0, 0.1) is 0 Å². The van der Waals surface area contributed by atoms with Crippen molar-refractivity contribution in [3.8, 4) is 0 Å². The molecule has 0 bridgehead atoms. The van der Waals surface area contributed by atoms with Gasteiger partial charge in [0.15, 0.2) is 0 Å². The summed E-state index contributed by atoms with van der Waals surface area (Å²) in [7, 11) is 0. The Bertz CT molecular complexity index is 265. The molecule has 2 nitrogen and oxygen atoms in total. The van der Waals surface area contributed by atoms with Gasteiger partial charge in [0.1, 0.15) is 6.67 Å². The van der Waals surface area contributed by atoms with Gasteiger partial charge in [-0.2, -0.15) is 0 Å². The van der Waals surface area contributed by atoms with Crippen molar-refractivity contribution in [2.24, 2.45) is 0 Å². The van der Waals surface area contributed by atoms with Crippen LogP contribution in [0.5, 0.6) is 0 Å². The van der Waals surface area contributed by atoms with Gasteiger partial charge in [-0.15, -0.1) is 0 Å². The second-order valence-corrected chi connectivity index (χ2v) is 3.17. The first kappa shape index (κ1) is 9.32. The maximum atomic E-state index is 11.8. The summed E-state index contributed by atoms with van der Waals surface area (Å²) in [5, 5.41) is 2.87. The van der Waals surface area contributed by atoms with Crippen LogP contribution in [0.4, 0.5) is 15.8 Å². The van der Waals surface area contributed by atoms with Crippen molar-refractivity contribution in [3.05, 3.63) is 22.7 Å². The Morgan fingerprint density at radius 2 is 2.25 bits per heavy atom. The first-order chi connectivity index (χ1) is 5.75. The van der Waals surface area contributed by atoms with Gasteiger partial charge in [-0.25, -0.2) is 4.39 Å². The van der Waals surface area contributed by atoms with Gasteiger partial charge in [0.25, 0.3) is 0 Å². The highest BCUT2D eigenvalue weighted by molar-refractivity contribution is 9.10. The average molecular weight is 233 g/mol. The number of hydrogen-bond acceptors (Lipinski definition) is 2. The lowest BCUT2D eigenvalue weighted by molar-refractivity contribution is 0.513. The summed E-state index contributed by atoms with van der Waals surface area (Å²) in [6.45, 7) is -0.105. The minimum absolute atomic E-state index is 0.292. The molecule has 0 fully saturated rings. The van der Waals surface area contributed by atoms with Crippen LogP contribution in [0.2, 0.25) is 0 Å². The van der Waals surface area contributed by atoms with Crippen molar-refractivity contribution in [2.45, 2.75) is 0 Å². The predicted octanol–water partition coefficient (Wildman–Crippen LogP) is 2.41. The van der Waals surface area contributed by atoms with Crippen molar-refractivity contribution >= 4 is 27.3 Å². The van der Waals surface area contributed by atoms with Gasteiger partial charge in [0, 0.05) is 11.0 Å². The van der Waals surface area contributed by atoms with E-state index in [9.17, 15) is 4.39 Å². The number of anilines is 2. The molecule has 0 aliphatic heterocycles. The lowest BCUT2D eigenvalue weighted by Crippen LogP contribution is -2.05. The number of nitrogens with one attached hydrogen (secondary N) is 1. The molecular formula is C8H10BrFN2. The van der Waals surface area contributed by atoms with E-state index in [0.717, 1.165) is 10.2 Å². The predicted molar refractivity (Wildman–Crippen MR) is 53.0 cm³/mol. The highest BCUT2D eigenvalue weighted by Gasteiger charge is 2.00. The average Bonchev–Trinajstić information content (AvgIpc) is 2.08. The molecule has 0 unspecified atom stereocenters. The molecule has 66 valence electrons. The minimum atomic E-state index is -0.397. The molecule has 1 aromatic carbocycles. The van der Waals surface area contributed by atoms with Crippen LogP contribution in [0.1, 0.15) is 0 Å². The van der Waals surface area contributed by atoms with Gasteiger partial charge in [0.2, 0.25) is 0 Å². The van der Waals surface area contributed by atoms with E-state index in [-0.39, 0.29) is 0 Å². The van der Waals surface area contributed by atoms with Crippen molar-refractivity contribution < 1.29 is 4.39 Å². The van der Waals surface area contributed by atoms with Gasteiger partial charge in [-0.05, 0) is 28.1 Å². The molecule has 0 saturated heterocycles. The van der Waals surface area contributed by atoms with E-state index in [4.69, 9.17) is 5.73 Å². The summed E-state index contributed by atoms with van der Waals surface area (Å²) < 4.78 is 12.6. The van der Waals surface area contributed by atoms with Crippen molar-refractivity contribution in [1.82, 2.24) is 0 Å². The van der Waals surface area contributed by atoms with Crippen LogP contribution >= 0.6 is 15.9 Å². The number of para-hydroxylation sites is 1. The Morgan fingerprint density at radius 3 is 2.92 bits per heavy atom. The number of nitrogens with two attached hydrogens (primary N) is 1. The standard InChI is InChI=1S/C8H10BrFN2/c9-6-2-1-3-7(8(6)11)12-5-4-10/h1-3,12H,4-5,11H2. The Balaban J connectivity index is 2.78. The summed E-state index contributed by atoms with van der Waals surface area (Å²) >= 11 is 3.28. The summed E-state index contributed by atoms with van der Waals surface area (Å²) in [5.74, 6) is 0. The molecule has 0 aliphatic rings. The SMILES string of the molecule is Nc1c(Br)cccc1NCCF. The Hall–Kier alpha value is -0.770.